The molecule has 0 aliphatic carbocycles. The van der Waals surface area contributed by atoms with Crippen LogP contribution in [0.1, 0.15) is 34.3 Å². The molecular weight excluding hydrogens is 298 g/mol. The van der Waals surface area contributed by atoms with Gasteiger partial charge in [0.15, 0.2) is 0 Å². The van der Waals surface area contributed by atoms with E-state index in [9.17, 15) is 9.59 Å². The molecule has 0 aliphatic rings. The molecule has 1 amide bonds. The molecule has 3 nitrogen and oxygen atoms in total. The first kappa shape index (κ1) is 15.9. The van der Waals surface area contributed by atoms with Gasteiger partial charge in [-0.25, -0.2) is 0 Å². The summed E-state index contributed by atoms with van der Waals surface area (Å²) in [5, 5.41) is 2.29. The van der Waals surface area contributed by atoms with Crippen LogP contribution in [0.4, 0.5) is 0 Å². The van der Waals surface area contributed by atoms with Crippen LogP contribution in [-0.2, 0) is 11.2 Å². The Morgan fingerprint density at radius 3 is 2.21 bits per heavy atom. The number of ketones is 1. The van der Waals surface area contributed by atoms with Crippen molar-refractivity contribution in [3.05, 3.63) is 83.4 Å². The zero-order chi connectivity index (χ0) is 17.1. The number of nitrogens with two attached hydrogens (primary N) is 1. The molecule has 0 saturated heterocycles. The average Bonchev–Trinajstić information content (AvgIpc) is 2.59. The maximum atomic E-state index is 12.2. The number of hydrogen-bond donors (Lipinski definition) is 1. The first-order chi connectivity index (χ1) is 11.5. The Bertz CT molecular complexity index is 897. The molecule has 3 heteroatoms. The SMILES string of the molecule is CC(=O)C(Cc1ccc(C(N)=O)cc1)c1ccc2ccccc2c1. The molecule has 3 aromatic rings. The first-order valence-electron chi connectivity index (χ1n) is 7.92. The fraction of sp³-hybridized carbons (Fsp3) is 0.143. The van der Waals surface area contributed by atoms with Gasteiger partial charge in [-0.2, -0.15) is 0 Å². The van der Waals surface area contributed by atoms with Crippen molar-refractivity contribution >= 4 is 22.5 Å². The number of fused-ring (bicyclic) bond motifs is 1. The van der Waals surface area contributed by atoms with Crippen molar-refractivity contribution in [3.63, 3.8) is 0 Å². The maximum absolute atomic E-state index is 12.2. The fourth-order valence-corrected chi connectivity index (χ4v) is 2.96. The third-order valence-electron chi connectivity index (χ3n) is 4.34. The minimum absolute atomic E-state index is 0.129. The van der Waals surface area contributed by atoms with Crippen LogP contribution in [-0.4, -0.2) is 11.7 Å². The predicted octanol–water partition coefficient (Wildman–Crippen LogP) is 3.85. The summed E-state index contributed by atoms with van der Waals surface area (Å²) in [6.07, 6.45) is 0.604. The molecule has 0 saturated carbocycles. The molecule has 3 aromatic carbocycles. The number of carbonyl (C=O) groups is 2. The Morgan fingerprint density at radius 1 is 0.917 bits per heavy atom. The van der Waals surface area contributed by atoms with Gasteiger partial charge in [0.25, 0.3) is 0 Å². The van der Waals surface area contributed by atoms with Gasteiger partial charge in [0, 0.05) is 11.5 Å². The molecule has 3 rings (SSSR count). The zero-order valence-electron chi connectivity index (χ0n) is 13.5. The molecule has 1 atom stereocenters. The smallest absolute Gasteiger partial charge is 0.248 e. The van der Waals surface area contributed by atoms with Crippen molar-refractivity contribution in [1.29, 1.82) is 0 Å². The standard InChI is InChI=1S/C21H19NO2/c1-14(23)20(12-15-6-8-17(9-7-15)21(22)24)19-11-10-16-4-2-3-5-18(16)13-19/h2-11,13,20H,12H2,1H3,(H2,22,24). The summed E-state index contributed by atoms with van der Waals surface area (Å²) >= 11 is 0. The second-order valence-corrected chi connectivity index (χ2v) is 6.04. The van der Waals surface area contributed by atoms with Crippen molar-refractivity contribution in [2.45, 2.75) is 19.3 Å². The fourth-order valence-electron chi connectivity index (χ4n) is 2.96. The second-order valence-electron chi connectivity index (χ2n) is 6.04. The van der Waals surface area contributed by atoms with Crippen LogP contribution in [0, 0.1) is 0 Å². The Hall–Kier alpha value is -2.94. The molecule has 0 aromatic heterocycles. The normalized spacial score (nSPS) is 12.0. The number of carbonyl (C=O) groups excluding carboxylic acids is 2. The lowest BCUT2D eigenvalue weighted by atomic mass is 9.87. The van der Waals surface area contributed by atoms with Crippen molar-refractivity contribution in [3.8, 4) is 0 Å². The van der Waals surface area contributed by atoms with E-state index in [0.717, 1.165) is 21.9 Å². The van der Waals surface area contributed by atoms with Gasteiger partial charge in [-0.1, -0.05) is 54.6 Å². The van der Waals surface area contributed by atoms with Crippen LogP contribution in [0.5, 0.6) is 0 Å². The van der Waals surface area contributed by atoms with E-state index in [2.05, 4.69) is 24.3 Å². The van der Waals surface area contributed by atoms with Gasteiger partial charge in [-0.05, 0) is 47.4 Å². The van der Waals surface area contributed by atoms with Gasteiger partial charge in [0.1, 0.15) is 5.78 Å². The molecule has 1 unspecified atom stereocenters. The van der Waals surface area contributed by atoms with E-state index in [1.165, 1.54) is 0 Å². The van der Waals surface area contributed by atoms with Gasteiger partial charge >= 0.3 is 0 Å². The lowest BCUT2D eigenvalue weighted by molar-refractivity contribution is -0.118. The molecule has 0 radical (unpaired) electrons. The zero-order valence-corrected chi connectivity index (χ0v) is 13.5. The van der Waals surface area contributed by atoms with Crippen molar-refractivity contribution in [1.82, 2.24) is 0 Å². The van der Waals surface area contributed by atoms with Crippen LogP contribution in [0.25, 0.3) is 10.8 Å². The molecule has 0 bridgehead atoms. The molecule has 0 spiro atoms. The highest BCUT2D eigenvalue weighted by Gasteiger charge is 2.18. The van der Waals surface area contributed by atoms with Crippen LogP contribution in [0.15, 0.2) is 66.7 Å². The van der Waals surface area contributed by atoms with Gasteiger partial charge in [-0.3, -0.25) is 9.59 Å². The summed E-state index contributed by atoms with van der Waals surface area (Å²) in [6, 6.07) is 21.4. The third kappa shape index (κ3) is 3.35. The largest absolute Gasteiger partial charge is 0.366 e. The van der Waals surface area contributed by atoms with E-state index in [0.29, 0.717) is 12.0 Å². The highest BCUT2D eigenvalue weighted by Crippen LogP contribution is 2.26. The van der Waals surface area contributed by atoms with E-state index < -0.39 is 5.91 Å². The summed E-state index contributed by atoms with van der Waals surface area (Å²) in [4.78, 5) is 23.3. The number of hydrogen-bond acceptors (Lipinski definition) is 2. The van der Waals surface area contributed by atoms with E-state index in [4.69, 9.17) is 5.73 Å². The minimum atomic E-state index is -0.445. The molecule has 120 valence electrons. The van der Waals surface area contributed by atoms with E-state index in [-0.39, 0.29) is 11.7 Å². The summed E-state index contributed by atoms with van der Waals surface area (Å²) in [7, 11) is 0. The van der Waals surface area contributed by atoms with Gasteiger partial charge < -0.3 is 5.73 Å². The Kier molecular flexibility index (Phi) is 4.43. The van der Waals surface area contributed by atoms with Gasteiger partial charge in [0.05, 0.1) is 0 Å². The number of benzene rings is 3. The third-order valence-corrected chi connectivity index (χ3v) is 4.34. The Balaban J connectivity index is 1.91. The topological polar surface area (TPSA) is 60.2 Å². The molecule has 0 fully saturated rings. The Labute approximate surface area is 141 Å². The van der Waals surface area contributed by atoms with E-state index in [1.807, 2.05) is 30.3 Å². The Morgan fingerprint density at radius 2 is 1.58 bits per heavy atom. The lowest BCUT2D eigenvalue weighted by Gasteiger charge is -2.15. The highest BCUT2D eigenvalue weighted by molar-refractivity contribution is 5.92. The molecule has 0 heterocycles. The lowest BCUT2D eigenvalue weighted by Crippen LogP contribution is -2.13. The summed E-state index contributed by atoms with van der Waals surface area (Å²) in [5.41, 5.74) is 7.76. The van der Waals surface area contributed by atoms with Gasteiger partial charge in [0.2, 0.25) is 5.91 Å². The predicted molar refractivity (Wildman–Crippen MR) is 96.0 cm³/mol. The monoisotopic (exact) mass is 317 g/mol. The van der Waals surface area contributed by atoms with Crippen molar-refractivity contribution < 1.29 is 9.59 Å². The first-order valence-corrected chi connectivity index (χ1v) is 7.92. The highest BCUT2D eigenvalue weighted by atomic mass is 16.1. The van der Waals surface area contributed by atoms with Crippen LogP contribution in [0.2, 0.25) is 0 Å². The minimum Gasteiger partial charge on any atom is -0.366 e. The number of amides is 1. The van der Waals surface area contributed by atoms with Crippen LogP contribution < -0.4 is 5.73 Å². The second kappa shape index (κ2) is 6.67. The quantitative estimate of drug-likeness (QED) is 0.777. The number of Topliss-reactive ketones (excluding diaryl/α,β-unsaturated/α-hetero) is 1. The molecule has 2 N–H and O–H groups in total. The summed E-state index contributed by atoms with van der Waals surface area (Å²) in [6.45, 7) is 1.62. The number of rotatable bonds is 5. The average molecular weight is 317 g/mol. The van der Waals surface area contributed by atoms with Crippen molar-refractivity contribution in [2.24, 2.45) is 5.73 Å². The van der Waals surface area contributed by atoms with Gasteiger partial charge in [-0.15, -0.1) is 0 Å². The molecule has 0 aliphatic heterocycles. The molecule has 24 heavy (non-hydrogen) atoms. The maximum Gasteiger partial charge on any atom is 0.248 e. The van der Waals surface area contributed by atoms with Crippen molar-refractivity contribution in [2.75, 3.05) is 0 Å². The van der Waals surface area contributed by atoms with E-state index >= 15 is 0 Å². The van der Waals surface area contributed by atoms with Crippen LogP contribution in [0.3, 0.4) is 0 Å². The number of primary amides is 1. The summed E-state index contributed by atoms with van der Waals surface area (Å²) in [5.74, 6) is -0.516. The molecular formula is C21H19NO2. The van der Waals surface area contributed by atoms with Crippen LogP contribution >= 0.6 is 0 Å². The summed E-state index contributed by atoms with van der Waals surface area (Å²) < 4.78 is 0. The van der Waals surface area contributed by atoms with E-state index in [1.54, 1.807) is 19.1 Å².